The number of aryl methyl sites for hydroxylation is 1. The zero-order valence-electron chi connectivity index (χ0n) is 9.26. The average molecular weight is 242 g/mol. The van der Waals surface area contributed by atoms with Crippen molar-refractivity contribution in [1.29, 1.82) is 0 Å². The van der Waals surface area contributed by atoms with E-state index in [9.17, 15) is 13.2 Å². The molecule has 1 rings (SSSR count). The number of hydrogen-bond donors (Lipinski definition) is 0. The van der Waals surface area contributed by atoms with Crippen LogP contribution in [0.2, 0.25) is 0 Å². The maximum absolute atomic E-state index is 11.6. The van der Waals surface area contributed by atoms with E-state index < -0.39 is 15.1 Å². The lowest BCUT2D eigenvalue weighted by Gasteiger charge is -2.04. The number of carbonyl (C=O) groups is 1. The van der Waals surface area contributed by atoms with Crippen molar-refractivity contribution in [2.45, 2.75) is 25.2 Å². The van der Waals surface area contributed by atoms with E-state index in [1.54, 1.807) is 19.1 Å². The van der Waals surface area contributed by atoms with E-state index >= 15 is 0 Å². The van der Waals surface area contributed by atoms with Crippen LogP contribution in [-0.2, 0) is 21.0 Å². The fourth-order valence-electron chi connectivity index (χ4n) is 1.20. The summed E-state index contributed by atoms with van der Waals surface area (Å²) in [5.74, 6) is 0. The highest BCUT2D eigenvalue weighted by Gasteiger charge is 2.25. The van der Waals surface area contributed by atoms with E-state index in [-0.39, 0.29) is 11.5 Å². The fraction of sp³-hybridized carbons (Fsp3) is 0.364. The van der Waals surface area contributed by atoms with Crippen LogP contribution in [0, 0.1) is 0 Å². The molecule has 0 unspecified atom stereocenters. The Bertz CT molecular complexity index is 459. The fourth-order valence-corrected chi connectivity index (χ4v) is 2.16. The molecule has 0 saturated carbocycles. The summed E-state index contributed by atoms with van der Waals surface area (Å²) in [7, 11) is -3.99. The summed E-state index contributed by atoms with van der Waals surface area (Å²) in [5, 5.41) is -1.20. The summed E-state index contributed by atoms with van der Waals surface area (Å²) in [6.45, 7) is 3.58. The molecule has 0 atom stereocenters. The average Bonchev–Trinajstić information content (AvgIpc) is 2.29. The van der Waals surface area contributed by atoms with Gasteiger partial charge in [-0.3, -0.25) is 0 Å². The molecule has 0 aliphatic heterocycles. The molecule has 0 aliphatic carbocycles. The minimum Gasteiger partial charge on any atom is -0.454 e. The first-order valence-electron chi connectivity index (χ1n) is 5.03. The largest absolute Gasteiger partial charge is 0.454 e. The van der Waals surface area contributed by atoms with Gasteiger partial charge in [-0.05, 0) is 31.0 Å². The monoisotopic (exact) mass is 242 g/mol. The second kappa shape index (κ2) is 5.12. The molecule has 0 heterocycles. The van der Waals surface area contributed by atoms with Crippen molar-refractivity contribution in [3.8, 4) is 0 Å². The van der Waals surface area contributed by atoms with E-state index in [4.69, 9.17) is 0 Å². The van der Waals surface area contributed by atoms with Crippen LogP contribution in [-0.4, -0.2) is 20.3 Å². The first-order valence-corrected chi connectivity index (χ1v) is 6.51. The van der Waals surface area contributed by atoms with Crippen LogP contribution >= 0.6 is 0 Å². The third kappa shape index (κ3) is 2.61. The zero-order valence-corrected chi connectivity index (χ0v) is 10.1. The van der Waals surface area contributed by atoms with Crippen molar-refractivity contribution < 1.29 is 17.9 Å². The molecule has 0 radical (unpaired) electrons. The first-order chi connectivity index (χ1) is 7.52. The van der Waals surface area contributed by atoms with Gasteiger partial charge in [-0.2, -0.15) is 0 Å². The van der Waals surface area contributed by atoms with Gasteiger partial charge in [0, 0.05) is 0 Å². The van der Waals surface area contributed by atoms with E-state index in [2.05, 4.69) is 4.74 Å². The molecular weight excluding hydrogens is 228 g/mol. The quantitative estimate of drug-likeness (QED) is 0.762. The van der Waals surface area contributed by atoms with Gasteiger partial charge in [-0.25, -0.2) is 13.2 Å². The van der Waals surface area contributed by atoms with Crippen molar-refractivity contribution in [2.75, 3.05) is 6.61 Å². The molecule has 16 heavy (non-hydrogen) atoms. The van der Waals surface area contributed by atoms with E-state index in [1.165, 1.54) is 12.1 Å². The highest BCUT2D eigenvalue weighted by molar-refractivity contribution is 8.05. The summed E-state index contributed by atoms with van der Waals surface area (Å²) >= 11 is 0. The lowest BCUT2D eigenvalue weighted by Crippen LogP contribution is -2.16. The molecule has 1 aromatic carbocycles. The van der Waals surface area contributed by atoms with Crippen molar-refractivity contribution in [1.82, 2.24) is 0 Å². The van der Waals surface area contributed by atoms with E-state index in [1.807, 2.05) is 6.92 Å². The highest BCUT2D eigenvalue weighted by atomic mass is 32.2. The Morgan fingerprint density at radius 1 is 1.19 bits per heavy atom. The van der Waals surface area contributed by atoms with Crippen LogP contribution in [0.15, 0.2) is 29.2 Å². The minimum atomic E-state index is -3.99. The molecule has 0 fully saturated rings. The molecule has 0 bridgehead atoms. The molecule has 88 valence electrons. The van der Waals surface area contributed by atoms with Crippen LogP contribution in [0.3, 0.4) is 0 Å². The Labute approximate surface area is 95.2 Å². The summed E-state index contributed by atoms with van der Waals surface area (Å²) in [6.07, 6.45) is 0.819. The molecule has 0 amide bonds. The number of carbonyl (C=O) groups excluding carboxylic acids is 1. The van der Waals surface area contributed by atoms with Crippen molar-refractivity contribution in [2.24, 2.45) is 0 Å². The normalized spacial score (nSPS) is 11.1. The SMILES string of the molecule is CCOC(=O)S(=O)(=O)c1ccc(CC)cc1. The molecule has 0 aromatic heterocycles. The van der Waals surface area contributed by atoms with Crippen molar-refractivity contribution in [3.63, 3.8) is 0 Å². The van der Waals surface area contributed by atoms with Gasteiger partial charge in [-0.1, -0.05) is 19.1 Å². The van der Waals surface area contributed by atoms with Gasteiger partial charge in [0.25, 0.3) is 9.84 Å². The minimum absolute atomic E-state index is 0.0249. The standard InChI is InChI=1S/C11H14O4S/c1-3-9-5-7-10(8-6-9)16(13,14)11(12)15-4-2/h5-8H,3-4H2,1-2H3. The second-order valence-electron chi connectivity index (χ2n) is 3.18. The molecule has 0 saturated heterocycles. The number of rotatable bonds is 3. The predicted molar refractivity (Wildman–Crippen MR) is 60.0 cm³/mol. The van der Waals surface area contributed by atoms with Gasteiger partial charge in [0.15, 0.2) is 0 Å². The van der Waals surface area contributed by atoms with E-state index in [0.29, 0.717) is 0 Å². The Morgan fingerprint density at radius 2 is 1.75 bits per heavy atom. The van der Waals surface area contributed by atoms with Gasteiger partial charge >= 0.3 is 5.30 Å². The van der Waals surface area contributed by atoms with Crippen LogP contribution < -0.4 is 0 Å². The number of hydrogen-bond acceptors (Lipinski definition) is 4. The Morgan fingerprint density at radius 3 is 2.19 bits per heavy atom. The third-order valence-corrected chi connectivity index (χ3v) is 3.57. The zero-order chi connectivity index (χ0) is 12.2. The van der Waals surface area contributed by atoms with Crippen molar-refractivity contribution in [3.05, 3.63) is 29.8 Å². The topological polar surface area (TPSA) is 60.4 Å². The number of benzene rings is 1. The molecule has 5 heteroatoms. The maximum Gasteiger partial charge on any atom is 0.429 e. The summed E-state index contributed by atoms with van der Waals surface area (Å²) in [6, 6.07) is 6.22. The summed E-state index contributed by atoms with van der Waals surface area (Å²) in [4.78, 5) is 11.2. The number of ether oxygens (including phenoxy) is 1. The Kier molecular flexibility index (Phi) is 4.06. The summed E-state index contributed by atoms with van der Waals surface area (Å²) in [5.41, 5.74) is 1.02. The molecule has 1 aromatic rings. The van der Waals surface area contributed by atoms with Crippen molar-refractivity contribution >= 4 is 15.1 Å². The molecule has 4 nitrogen and oxygen atoms in total. The van der Waals surface area contributed by atoms with Crippen LogP contribution in [0.1, 0.15) is 19.4 Å². The van der Waals surface area contributed by atoms with Gasteiger partial charge in [0.05, 0.1) is 11.5 Å². The highest BCUT2D eigenvalue weighted by Crippen LogP contribution is 2.14. The summed E-state index contributed by atoms with van der Waals surface area (Å²) < 4.78 is 27.8. The predicted octanol–water partition coefficient (Wildman–Crippen LogP) is 2.18. The smallest absolute Gasteiger partial charge is 0.429 e. The van der Waals surface area contributed by atoms with Gasteiger partial charge in [0.2, 0.25) is 0 Å². The maximum atomic E-state index is 11.6. The first kappa shape index (κ1) is 12.7. The Hall–Kier alpha value is -1.36. The van der Waals surface area contributed by atoms with E-state index in [0.717, 1.165) is 12.0 Å². The van der Waals surface area contributed by atoms with Gasteiger partial charge < -0.3 is 4.74 Å². The molecular formula is C11H14O4S. The lowest BCUT2D eigenvalue weighted by molar-refractivity contribution is 0.178. The second-order valence-corrected chi connectivity index (χ2v) is 5.00. The van der Waals surface area contributed by atoms with Crippen LogP contribution in [0.25, 0.3) is 0 Å². The molecule has 0 spiro atoms. The lowest BCUT2D eigenvalue weighted by atomic mass is 10.2. The van der Waals surface area contributed by atoms with Gasteiger partial charge in [-0.15, -0.1) is 0 Å². The van der Waals surface area contributed by atoms with Crippen LogP contribution in [0.4, 0.5) is 4.79 Å². The van der Waals surface area contributed by atoms with Gasteiger partial charge in [0.1, 0.15) is 0 Å². The molecule has 0 N–H and O–H groups in total. The Balaban J connectivity index is 3.03. The van der Waals surface area contributed by atoms with Crippen LogP contribution in [0.5, 0.6) is 0 Å². The molecule has 0 aliphatic rings. The third-order valence-electron chi connectivity index (χ3n) is 2.12. The number of sulfone groups is 1.